The van der Waals surface area contributed by atoms with Crippen molar-refractivity contribution < 1.29 is 5.11 Å². The van der Waals surface area contributed by atoms with Crippen LogP contribution in [0.25, 0.3) is 22.5 Å². The molecule has 0 saturated heterocycles. The summed E-state index contributed by atoms with van der Waals surface area (Å²) in [6.07, 6.45) is 12.1. The van der Waals surface area contributed by atoms with E-state index in [2.05, 4.69) is 32.5 Å². The molecule has 9 nitrogen and oxygen atoms in total. The molecule has 2 atom stereocenters. The Hall–Kier alpha value is -3.59. The molecule has 1 aliphatic carbocycles. The Kier molecular flexibility index (Phi) is 7.89. The Morgan fingerprint density at radius 1 is 1.05 bits per heavy atom. The SMILES string of the molecule is CCCCc1cn(C2CCCCCCC2O)c(=O)n1Cc1cc(-c2cccc(-c3nn[nH]n3)c2)ccn1. The van der Waals surface area contributed by atoms with Crippen molar-refractivity contribution in [1.82, 2.24) is 34.7 Å². The number of hydrogen-bond acceptors (Lipinski definition) is 6. The fraction of sp³-hybridized carbons (Fsp3) is 0.464. The van der Waals surface area contributed by atoms with E-state index in [1.165, 1.54) is 0 Å². The minimum Gasteiger partial charge on any atom is -0.391 e. The third-order valence-electron chi connectivity index (χ3n) is 7.36. The van der Waals surface area contributed by atoms with Gasteiger partial charge in [0.2, 0.25) is 5.82 Å². The highest BCUT2D eigenvalue weighted by molar-refractivity contribution is 5.70. The van der Waals surface area contributed by atoms with Gasteiger partial charge in [-0.05, 0) is 60.2 Å². The summed E-state index contributed by atoms with van der Waals surface area (Å²) in [6, 6.07) is 11.8. The van der Waals surface area contributed by atoms with Gasteiger partial charge in [0.05, 0.1) is 24.4 Å². The second kappa shape index (κ2) is 11.6. The fourth-order valence-corrected chi connectivity index (χ4v) is 5.31. The maximum Gasteiger partial charge on any atom is 0.329 e. The molecule has 9 heteroatoms. The molecule has 1 fully saturated rings. The lowest BCUT2D eigenvalue weighted by Gasteiger charge is -2.25. The van der Waals surface area contributed by atoms with Gasteiger partial charge in [-0.3, -0.25) is 14.1 Å². The summed E-state index contributed by atoms with van der Waals surface area (Å²) < 4.78 is 3.65. The van der Waals surface area contributed by atoms with Gasteiger partial charge in [-0.2, -0.15) is 5.21 Å². The van der Waals surface area contributed by atoms with Gasteiger partial charge in [-0.25, -0.2) is 4.79 Å². The molecule has 37 heavy (non-hydrogen) atoms. The van der Waals surface area contributed by atoms with Crippen molar-refractivity contribution in [3.63, 3.8) is 0 Å². The Labute approximate surface area is 216 Å². The van der Waals surface area contributed by atoms with Gasteiger partial charge in [0.25, 0.3) is 0 Å². The smallest absolute Gasteiger partial charge is 0.329 e. The van der Waals surface area contributed by atoms with Crippen LogP contribution < -0.4 is 5.69 Å². The van der Waals surface area contributed by atoms with Crippen LogP contribution in [0.5, 0.6) is 0 Å². The van der Waals surface area contributed by atoms with Crippen LogP contribution in [0.2, 0.25) is 0 Å². The average Bonchev–Trinajstić information content (AvgIpc) is 3.55. The molecule has 1 saturated carbocycles. The molecule has 2 N–H and O–H groups in total. The van der Waals surface area contributed by atoms with E-state index in [4.69, 9.17) is 0 Å². The van der Waals surface area contributed by atoms with Gasteiger partial charge >= 0.3 is 5.69 Å². The maximum absolute atomic E-state index is 13.7. The molecular formula is C28H35N7O2. The second-order valence-corrected chi connectivity index (χ2v) is 9.98. The first-order valence-corrected chi connectivity index (χ1v) is 13.4. The first-order chi connectivity index (χ1) is 18.1. The van der Waals surface area contributed by atoms with Gasteiger partial charge in [-0.1, -0.05) is 57.2 Å². The van der Waals surface area contributed by atoms with Crippen molar-refractivity contribution in [2.45, 2.75) is 83.4 Å². The number of unbranched alkanes of at least 4 members (excludes halogenated alkanes) is 1. The van der Waals surface area contributed by atoms with E-state index in [0.717, 1.165) is 85.9 Å². The van der Waals surface area contributed by atoms with Crippen molar-refractivity contribution in [2.75, 3.05) is 0 Å². The summed E-state index contributed by atoms with van der Waals surface area (Å²) in [4.78, 5) is 18.3. The van der Waals surface area contributed by atoms with Gasteiger partial charge in [0.15, 0.2) is 0 Å². The number of nitrogens with one attached hydrogen (secondary N) is 1. The number of imidazole rings is 1. The highest BCUT2D eigenvalue weighted by Crippen LogP contribution is 2.27. The van der Waals surface area contributed by atoms with E-state index in [1.54, 1.807) is 10.8 Å². The number of hydrogen-bond donors (Lipinski definition) is 2. The average molecular weight is 502 g/mol. The van der Waals surface area contributed by atoms with E-state index in [1.807, 2.05) is 47.2 Å². The number of H-pyrrole nitrogens is 1. The molecule has 0 aliphatic heterocycles. The van der Waals surface area contributed by atoms with E-state index in [-0.39, 0.29) is 11.7 Å². The molecule has 194 valence electrons. The summed E-state index contributed by atoms with van der Waals surface area (Å²) in [5.74, 6) is 0.543. The third kappa shape index (κ3) is 5.72. The summed E-state index contributed by atoms with van der Waals surface area (Å²) in [6.45, 7) is 2.55. The monoisotopic (exact) mass is 501 g/mol. The number of nitrogens with zero attached hydrogens (tertiary/aromatic N) is 6. The Morgan fingerprint density at radius 2 is 1.86 bits per heavy atom. The number of aryl methyl sites for hydroxylation is 1. The van der Waals surface area contributed by atoms with Crippen LogP contribution >= 0.6 is 0 Å². The molecule has 5 rings (SSSR count). The number of aliphatic hydroxyl groups is 1. The van der Waals surface area contributed by atoms with Crippen molar-refractivity contribution in [1.29, 1.82) is 0 Å². The first kappa shape index (κ1) is 25.1. The van der Waals surface area contributed by atoms with Crippen molar-refractivity contribution >= 4 is 0 Å². The molecule has 0 spiro atoms. The topological polar surface area (TPSA) is 115 Å². The number of aliphatic hydroxyl groups excluding tert-OH is 1. The van der Waals surface area contributed by atoms with Gasteiger partial charge in [0.1, 0.15) is 0 Å². The Morgan fingerprint density at radius 3 is 2.68 bits per heavy atom. The Balaban J connectivity index is 1.45. The van der Waals surface area contributed by atoms with Crippen LogP contribution in [0.15, 0.2) is 53.6 Å². The van der Waals surface area contributed by atoms with Crippen LogP contribution in [-0.2, 0) is 13.0 Å². The maximum atomic E-state index is 13.7. The number of aromatic amines is 1. The standard InChI is InChI=1S/C28H35N7O2/c1-2-3-11-24-19-35(25-12-6-4-5-7-13-26(25)36)28(37)34(24)18-23-17-21(14-15-29-23)20-9-8-10-22(16-20)27-30-32-33-31-27/h8-10,14-17,19,25-26,36H,2-7,11-13,18H2,1H3,(H,30,31,32,33). The van der Waals surface area contributed by atoms with Crippen LogP contribution in [0.3, 0.4) is 0 Å². The van der Waals surface area contributed by atoms with E-state index in [0.29, 0.717) is 12.4 Å². The van der Waals surface area contributed by atoms with Crippen LogP contribution in [0, 0.1) is 0 Å². The molecule has 3 heterocycles. The lowest BCUT2D eigenvalue weighted by Crippen LogP contribution is -2.34. The molecule has 0 amide bonds. The number of benzene rings is 1. The number of aromatic nitrogens is 7. The molecule has 0 radical (unpaired) electrons. The summed E-state index contributed by atoms with van der Waals surface area (Å²) in [5, 5.41) is 25.2. The largest absolute Gasteiger partial charge is 0.391 e. The first-order valence-electron chi connectivity index (χ1n) is 13.4. The fourth-order valence-electron chi connectivity index (χ4n) is 5.31. The zero-order valence-electron chi connectivity index (χ0n) is 21.4. The quantitative estimate of drug-likeness (QED) is 0.366. The normalized spacial score (nSPS) is 18.4. The zero-order valence-corrected chi connectivity index (χ0v) is 21.4. The lowest BCUT2D eigenvalue weighted by molar-refractivity contribution is 0.0868. The van der Waals surface area contributed by atoms with Crippen molar-refractivity contribution in [2.24, 2.45) is 0 Å². The second-order valence-electron chi connectivity index (χ2n) is 9.98. The molecule has 1 aliphatic rings. The molecule has 4 aromatic rings. The lowest BCUT2D eigenvalue weighted by atomic mass is 9.94. The minimum absolute atomic E-state index is 0.0537. The van der Waals surface area contributed by atoms with Gasteiger partial charge in [0, 0.05) is 23.7 Å². The third-order valence-corrected chi connectivity index (χ3v) is 7.36. The van der Waals surface area contributed by atoms with Crippen LogP contribution in [0.1, 0.15) is 75.7 Å². The summed E-state index contributed by atoms with van der Waals surface area (Å²) in [7, 11) is 0. The molecular weight excluding hydrogens is 466 g/mol. The minimum atomic E-state index is -0.485. The summed E-state index contributed by atoms with van der Waals surface area (Å²) >= 11 is 0. The predicted molar refractivity (Wildman–Crippen MR) is 142 cm³/mol. The number of rotatable bonds is 8. The highest BCUT2D eigenvalue weighted by Gasteiger charge is 2.26. The van der Waals surface area contributed by atoms with Crippen LogP contribution in [0.4, 0.5) is 0 Å². The van der Waals surface area contributed by atoms with E-state index >= 15 is 0 Å². The van der Waals surface area contributed by atoms with Gasteiger partial charge in [-0.15, -0.1) is 10.2 Å². The van der Waals surface area contributed by atoms with E-state index < -0.39 is 6.10 Å². The molecule has 2 unspecified atom stereocenters. The number of tetrazole rings is 1. The van der Waals surface area contributed by atoms with Crippen molar-refractivity contribution in [3.8, 4) is 22.5 Å². The molecule has 0 bridgehead atoms. The highest BCUT2D eigenvalue weighted by atomic mass is 16.3. The van der Waals surface area contributed by atoms with Crippen molar-refractivity contribution in [3.05, 3.63) is 70.7 Å². The van der Waals surface area contributed by atoms with Gasteiger partial charge < -0.3 is 5.11 Å². The van der Waals surface area contributed by atoms with E-state index in [9.17, 15) is 9.90 Å². The molecule has 3 aromatic heterocycles. The van der Waals surface area contributed by atoms with Crippen LogP contribution in [-0.4, -0.2) is 46.0 Å². The number of pyridine rings is 1. The molecule has 1 aromatic carbocycles. The predicted octanol–water partition coefficient (Wildman–Crippen LogP) is 4.54. The summed E-state index contributed by atoms with van der Waals surface area (Å²) in [5.41, 5.74) is 4.67. The zero-order chi connectivity index (χ0) is 25.6. The Bertz CT molecular complexity index is 1360.